The molecule has 4 aromatic rings. The highest BCUT2D eigenvalue weighted by atomic mass is 16.2. The summed E-state index contributed by atoms with van der Waals surface area (Å²) in [5.41, 5.74) is 8.89. The Kier molecular flexibility index (Phi) is 5.06. The van der Waals surface area contributed by atoms with Gasteiger partial charge in [0, 0.05) is 42.8 Å². The van der Waals surface area contributed by atoms with Crippen LogP contribution in [0.2, 0.25) is 0 Å². The molecule has 3 aromatic heterocycles. The van der Waals surface area contributed by atoms with E-state index in [4.69, 9.17) is 10.7 Å². The highest BCUT2D eigenvalue weighted by molar-refractivity contribution is 6.04. The van der Waals surface area contributed by atoms with E-state index >= 15 is 0 Å². The molecule has 0 spiro atoms. The maximum Gasteiger partial charge on any atom is 0.256 e. The van der Waals surface area contributed by atoms with Gasteiger partial charge in [0.2, 0.25) is 5.91 Å². The van der Waals surface area contributed by atoms with E-state index < -0.39 is 0 Å². The number of nitrogens with two attached hydrogens (primary N) is 1. The smallest absolute Gasteiger partial charge is 0.256 e. The third-order valence-electron chi connectivity index (χ3n) is 7.48. The maximum absolute atomic E-state index is 12.7. The van der Waals surface area contributed by atoms with Gasteiger partial charge in [-0.3, -0.25) is 14.0 Å². The minimum atomic E-state index is -0.244. The summed E-state index contributed by atoms with van der Waals surface area (Å²) in [5.74, 6) is 1.81. The molecule has 2 amide bonds. The SMILES string of the molecule is C=CC(=O)N1CC2CCC2(c2nc(-c3ccc(C(=O)Nc4ccccn4)cc3)c3c(N)nccn23)C1. The summed E-state index contributed by atoms with van der Waals surface area (Å²) < 4.78 is 2.02. The molecule has 1 saturated heterocycles. The summed E-state index contributed by atoms with van der Waals surface area (Å²) in [6.07, 6.45) is 8.56. The number of hydrogen-bond donors (Lipinski definition) is 2. The molecule has 1 saturated carbocycles. The van der Waals surface area contributed by atoms with E-state index in [1.807, 2.05) is 33.7 Å². The highest BCUT2D eigenvalue weighted by Gasteiger charge is 2.57. The van der Waals surface area contributed by atoms with Gasteiger partial charge in [-0.05, 0) is 49.1 Å². The average molecular weight is 480 g/mol. The Morgan fingerprint density at radius 1 is 1.14 bits per heavy atom. The summed E-state index contributed by atoms with van der Waals surface area (Å²) in [6, 6.07) is 12.6. The van der Waals surface area contributed by atoms with E-state index in [0.29, 0.717) is 41.9 Å². The van der Waals surface area contributed by atoms with Crippen LogP contribution < -0.4 is 11.1 Å². The summed E-state index contributed by atoms with van der Waals surface area (Å²) in [5, 5.41) is 2.79. The van der Waals surface area contributed by atoms with Crippen molar-refractivity contribution in [3.05, 3.63) is 85.1 Å². The van der Waals surface area contributed by atoms with Crippen molar-refractivity contribution in [3.63, 3.8) is 0 Å². The predicted molar refractivity (Wildman–Crippen MR) is 136 cm³/mol. The van der Waals surface area contributed by atoms with Crippen molar-refractivity contribution in [3.8, 4) is 11.3 Å². The van der Waals surface area contributed by atoms with Gasteiger partial charge in [-0.1, -0.05) is 24.8 Å². The second-order valence-electron chi connectivity index (χ2n) is 9.38. The van der Waals surface area contributed by atoms with Crippen molar-refractivity contribution in [1.82, 2.24) is 24.3 Å². The van der Waals surface area contributed by atoms with Crippen molar-refractivity contribution in [2.24, 2.45) is 5.92 Å². The number of benzene rings is 1. The van der Waals surface area contributed by atoms with Gasteiger partial charge in [0.1, 0.15) is 28.7 Å². The molecule has 2 aliphatic rings. The van der Waals surface area contributed by atoms with Crippen molar-refractivity contribution >= 4 is 29.0 Å². The van der Waals surface area contributed by atoms with E-state index in [-0.39, 0.29) is 17.2 Å². The van der Waals surface area contributed by atoms with E-state index in [9.17, 15) is 9.59 Å². The molecule has 0 bridgehead atoms. The van der Waals surface area contributed by atoms with Crippen molar-refractivity contribution in [1.29, 1.82) is 0 Å². The third-order valence-corrected chi connectivity index (χ3v) is 7.48. The van der Waals surface area contributed by atoms with Crippen LogP contribution in [0.4, 0.5) is 11.6 Å². The number of carbonyl (C=O) groups is 2. The molecule has 3 N–H and O–H groups in total. The van der Waals surface area contributed by atoms with Crippen molar-refractivity contribution in [2.45, 2.75) is 18.3 Å². The molecule has 2 fully saturated rings. The molecule has 180 valence electrons. The van der Waals surface area contributed by atoms with E-state index in [0.717, 1.165) is 29.7 Å². The number of amides is 2. The minimum Gasteiger partial charge on any atom is -0.382 e. The Bertz CT molecular complexity index is 1500. The molecule has 0 radical (unpaired) electrons. The minimum absolute atomic E-state index is 0.0504. The summed E-state index contributed by atoms with van der Waals surface area (Å²) in [7, 11) is 0. The van der Waals surface area contributed by atoms with Gasteiger partial charge in [0.25, 0.3) is 5.91 Å². The molecular weight excluding hydrogens is 454 g/mol. The van der Waals surface area contributed by atoms with Crippen LogP contribution in [-0.4, -0.2) is 49.2 Å². The first-order valence-electron chi connectivity index (χ1n) is 11.9. The second kappa shape index (κ2) is 8.30. The number of rotatable bonds is 5. The third kappa shape index (κ3) is 3.35. The first-order valence-corrected chi connectivity index (χ1v) is 11.9. The summed E-state index contributed by atoms with van der Waals surface area (Å²) in [4.78, 5) is 40.5. The first kappa shape index (κ1) is 22.0. The lowest BCUT2D eigenvalue weighted by atomic mass is 9.61. The number of hydrogen-bond acceptors (Lipinski definition) is 6. The number of aromatic nitrogens is 4. The number of anilines is 2. The van der Waals surface area contributed by atoms with Crippen LogP contribution in [-0.2, 0) is 10.2 Å². The van der Waals surface area contributed by atoms with Gasteiger partial charge < -0.3 is 16.0 Å². The molecular formula is C27H25N7O2. The zero-order chi connectivity index (χ0) is 24.9. The molecule has 2 unspecified atom stereocenters. The Morgan fingerprint density at radius 3 is 2.67 bits per heavy atom. The Morgan fingerprint density at radius 2 is 1.97 bits per heavy atom. The van der Waals surface area contributed by atoms with Crippen LogP contribution in [0, 0.1) is 5.92 Å². The quantitative estimate of drug-likeness (QED) is 0.424. The standard InChI is InChI=1S/C27H25N7O2/c1-2-21(35)33-15-19-10-11-27(19,16-33)26-32-22(23-24(28)30-13-14-34(23)26)17-6-8-18(9-7-17)25(36)31-20-5-3-4-12-29-20/h2-9,12-14,19H,1,10-11,15-16H2,(H2,28,30)(H,29,31,36). The van der Waals surface area contributed by atoms with Crippen LogP contribution >= 0.6 is 0 Å². The van der Waals surface area contributed by atoms with Crippen molar-refractivity contribution in [2.75, 3.05) is 24.1 Å². The van der Waals surface area contributed by atoms with Crippen molar-refractivity contribution < 1.29 is 9.59 Å². The van der Waals surface area contributed by atoms with E-state index in [2.05, 4.69) is 21.9 Å². The number of likely N-dealkylation sites (tertiary alicyclic amines) is 1. The molecule has 6 rings (SSSR count). The lowest BCUT2D eigenvalue weighted by molar-refractivity contribution is -0.125. The lowest BCUT2D eigenvalue weighted by Gasteiger charge is -2.42. The molecule has 2 atom stereocenters. The van der Waals surface area contributed by atoms with Crippen LogP contribution in [0.15, 0.2) is 73.7 Å². The molecule has 4 heterocycles. The van der Waals surface area contributed by atoms with Gasteiger partial charge in [-0.15, -0.1) is 0 Å². The zero-order valence-corrected chi connectivity index (χ0v) is 19.6. The summed E-state index contributed by atoms with van der Waals surface area (Å²) in [6.45, 7) is 4.96. The Hall–Kier alpha value is -4.53. The highest BCUT2D eigenvalue weighted by Crippen LogP contribution is 2.54. The van der Waals surface area contributed by atoms with Crippen LogP contribution in [0.25, 0.3) is 16.8 Å². The molecule has 9 heteroatoms. The molecule has 1 aliphatic carbocycles. The van der Waals surface area contributed by atoms with Crippen LogP contribution in [0.3, 0.4) is 0 Å². The van der Waals surface area contributed by atoms with Crippen LogP contribution in [0.1, 0.15) is 29.0 Å². The zero-order valence-electron chi connectivity index (χ0n) is 19.6. The molecule has 1 aromatic carbocycles. The van der Waals surface area contributed by atoms with E-state index in [1.54, 1.807) is 36.7 Å². The lowest BCUT2D eigenvalue weighted by Crippen LogP contribution is -2.45. The number of fused-ring (bicyclic) bond motifs is 2. The second-order valence-corrected chi connectivity index (χ2v) is 9.38. The predicted octanol–water partition coefficient (Wildman–Crippen LogP) is 3.30. The van der Waals surface area contributed by atoms with Crippen LogP contribution in [0.5, 0.6) is 0 Å². The Balaban J connectivity index is 1.37. The largest absolute Gasteiger partial charge is 0.382 e. The van der Waals surface area contributed by atoms with Gasteiger partial charge >= 0.3 is 0 Å². The van der Waals surface area contributed by atoms with Gasteiger partial charge in [-0.25, -0.2) is 15.0 Å². The number of nitrogens with one attached hydrogen (secondary N) is 1. The maximum atomic E-state index is 12.7. The number of pyridine rings is 1. The Labute approximate surface area is 207 Å². The summed E-state index contributed by atoms with van der Waals surface area (Å²) >= 11 is 0. The average Bonchev–Trinajstić information content (AvgIpc) is 3.41. The number of carbonyl (C=O) groups excluding carboxylic acids is 2. The fraction of sp³-hybridized carbons (Fsp3) is 0.222. The molecule has 1 aliphatic heterocycles. The number of nitrogens with zero attached hydrogens (tertiary/aromatic N) is 5. The van der Waals surface area contributed by atoms with Gasteiger partial charge in [-0.2, -0.15) is 0 Å². The van der Waals surface area contributed by atoms with Gasteiger partial charge in [0.05, 0.1) is 5.41 Å². The fourth-order valence-corrected chi connectivity index (χ4v) is 5.53. The topological polar surface area (TPSA) is 119 Å². The molecule has 9 nitrogen and oxygen atoms in total. The molecule has 36 heavy (non-hydrogen) atoms. The number of imidazole rings is 1. The number of nitrogen functional groups attached to an aromatic ring is 1. The normalized spacial score (nSPS) is 20.6. The van der Waals surface area contributed by atoms with E-state index in [1.165, 1.54) is 6.08 Å². The monoisotopic (exact) mass is 479 g/mol. The fourth-order valence-electron chi connectivity index (χ4n) is 5.53. The van der Waals surface area contributed by atoms with Gasteiger partial charge in [0.15, 0.2) is 0 Å². The first-order chi connectivity index (χ1) is 17.5.